The Morgan fingerprint density at radius 3 is 1.88 bits per heavy atom. The minimum Gasteiger partial charge on any atom is -0.508 e. The smallest absolute Gasteiger partial charge is 0.228 e. The van der Waals surface area contributed by atoms with Gasteiger partial charge in [0.2, 0.25) is 6.29 Å². The van der Waals surface area contributed by atoms with Crippen LogP contribution in [-0.4, -0.2) is 99.6 Å². The molecule has 11 N–H and O–H groups in total. The quantitative estimate of drug-likeness (QED) is 0.137. The highest BCUT2D eigenvalue weighted by molar-refractivity contribution is 5.75. The monoisotopic (exact) mass is 706 g/mol. The highest BCUT2D eigenvalue weighted by atomic mass is 16.7. The summed E-state index contributed by atoms with van der Waals surface area (Å²) in [4.78, 5) is 0. The molecule has 0 spiro atoms. The summed E-state index contributed by atoms with van der Waals surface area (Å²) in [5, 5.41) is 117. The van der Waals surface area contributed by atoms with Crippen LogP contribution >= 0.6 is 0 Å². The lowest BCUT2D eigenvalue weighted by Gasteiger charge is -2.41. The number of fused-ring (bicyclic) bond motifs is 2. The van der Waals surface area contributed by atoms with E-state index in [0.717, 1.165) is 12.1 Å². The number of aromatic hydroxyl groups is 6. The average Bonchev–Trinajstić information content (AvgIpc) is 3.10. The summed E-state index contributed by atoms with van der Waals surface area (Å²) in [5.41, 5.74) is 0.499. The molecule has 268 valence electrons. The van der Waals surface area contributed by atoms with E-state index >= 15 is 0 Å². The first-order valence-corrected chi connectivity index (χ1v) is 15.8. The van der Waals surface area contributed by atoms with E-state index in [1.165, 1.54) is 60.7 Å². The van der Waals surface area contributed by atoms with Crippen molar-refractivity contribution in [3.05, 3.63) is 100 Å². The Labute approximate surface area is 288 Å². The second kappa shape index (κ2) is 13.0. The first-order valence-electron chi connectivity index (χ1n) is 15.8. The molecule has 3 heterocycles. The minimum atomic E-state index is -1.81. The average molecular weight is 707 g/mol. The molecule has 1 unspecified atom stereocenters. The van der Waals surface area contributed by atoms with Crippen LogP contribution in [0.4, 0.5) is 0 Å². The van der Waals surface area contributed by atoms with E-state index in [4.69, 9.17) is 18.9 Å². The number of phenols is 6. The van der Waals surface area contributed by atoms with E-state index in [0.29, 0.717) is 11.1 Å². The van der Waals surface area contributed by atoms with Crippen LogP contribution in [0, 0.1) is 0 Å². The highest BCUT2D eigenvalue weighted by Gasteiger charge is 2.48. The van der Waals surface area contributed by atoms with Crippen LogP contribution < -0.4 is 9.47 Å². The van der Waals surface area contributed by atoms with Crippen LogP contribution in [0.25, 0.3) is 6.08 Å². The normalized spacial score (nSPS) is 28.4. The summed E-state index contributed by atoms with van der Waals surface area (Å²) in [5.74, 6) is -3.76. The number of aliphatic hydroxyl groups excluding tert-OH is 5. The molecule has 1 saturated heterocycles. The Hall–Kier alpha value is -5.42. The Kier molecular flexibility index (Phi) is 8.71. The van der Waals surface area contributed by atoms with Gasteiger partial charge in [-0.3, -0.25) is 0 Å². The fourth-order valence-electron chi connectivity index (χ4n) is 6.70. The van der Waals surface area contributed by atoms with Gasteiger partial charge in [0, 0.05) is 34.9 Å². The molecule has 15 nitrogen and oxygen atoms in total. The van der Waals surface area contributed by atoms with Gasteiger partial charge in [0.25, 0.3) is 0 Å². The lowest BCUT2D eigenvalue weighted by Crippen LogP contribution is -2.59. The third kappa shape index (κ3) is 5.95. The predicted molar refractivity (Wildman–Crippen MR) is 173 cm³/mol. The third-order valence-electron chi connectivity index (χ3n) is 9.25. The molecular formula is C36H34O15. The predicted octanol–water partition coefficient (Wildman–Crippen LogP) is 1.84. The molecule has 3 aliphatic heterocycles. The van der Waals surface area contributed by atoms with Gasteiger partial charge in [-0.05, 0) is 35.9 Å². The van der Waals surface area contributed by atoms with Crippen LogP contribution in [0.3, 0.4) is 0 Å². The molecule has 0 bridgehead atoms. The summed E-state index contributed by atoms with van der Waals surface area (Å²) < 4.78 is 24.1. The summed E-state index contributed by atoms with van der Waals surface area (Å²) in [7, 11) is 0. The van der Waals surface area contributed by atoms with Crippen molar-refractivity contribution < 1.29 is 75.1 Å². The number of aliphatic hydroxyl groups is 5. The van der Waals surface area contributed by atoms with Gasteiger partial charge in [-0.2, -0.15) is 0 Å². The van der Waals surface area contributed by atoms with Crippen LogP contribution in [0.2, 0.25) is 0 Å². The van der Waals surface area contributed by atoms with Crippen LogP contribution in [0.1, 0.15) is 45.9 Å². The van der Waals surface area contributed by atoms with Crippen molar-refractivity contribution in [2.24, 2.45) is 0 Å². The van der Waals surface area contributed by atoms with Gasteiger partial charge in [-0.25, -0.2) is 0 Å². The summed E-state index contributed by atoms with van der Waals surface area (Å²) in [6.45, 7) is -0.724. The zero-order chi connectivity index (χ0) is 36.3. The maximum Gasteiger partial charge on any atom is 0.228 e. The second-order valence-corrected chi connectivity index (χ2v) is 12.5. The molecule has 4 aromatic carbocycles. The molecule has 15 heteroatoms. The van der Waals surface area contributed by atoms with Crippen molar-refractivity contribution in [2.45, 2.75) is 54.9 Å². The van der Waals surface area contributed by atoms with E-state index < -0.39 is 78.8 Å². The maximum atomic E-state index is 12.0. The van der Waals surface area contributed by atoms with Crippen LogP contribution in [0.5, 0.6) is 46.0 Å². The maximum absolute atomic E-state index is 12.0. The topological polar surface area (TPSA) is 259 Å². The van der Waals surface area contributed by atoms with E-state index in [-0.39, 0.29) is 51.2 Å². The van der Waals surface area contributed by atoms with E-state index in [1.54, 1.807) is 0 Å². The SMILES string of the molecule is OC[C@H]1O[C@@H](OC2=Cc3c(O)cc(O)c([C@@H]4c5c(O)cc(O)cc5O[C@H](c5ccc(O)cc5)[C@@H]4O)c3OC2c2ccc(O)cc2)[C@H](O)[C@@H](O)[C@@H]1O. The highest BCUT2D eigenvalue weighted by Crippen LogP contribution is 2.57. The standard InChI is InChI=1S/C36H34O15/c37-13-25-29(44)31(46)32(47)36(50-25)49-24-11-19-20(41)12-22(43)27(35(19)51-33(24)14-1-5-16(38)6-2-14)28-26-21(42)9-18(40)10-23(26)48-34(30(28)45)15-3-7-17(39)8-4-15/h1-12,25,28-34,36-47H,13H2/t25-,28+,29-,30-,31+,32-,33?,34-,36-/m1/s1. The molecule has 1 fully saturated rings. The fraction of sp³-hybridized carbons (Fsp3) is 0.278. The first-order chi connectivity index (χ1) is 24.4. The van der Waals surface area contributed by atoms with Crippen molar-refractivity contribution in [2.75, 3.05) is 6.61 Å². The van der Waals surface area contributed by atoms with Crippen LogP contribution in [0.15, 0.2) is 72.5 Å². The lowest BCUT2D eigenvalue weighted by atomic mass is 9.78. The molecule has 0 saturated carbocycles. The van der Waals surface area contributed by atoms with Gasteiger partial charge in [-0.15, -0.1) is 0 Å². The minimum absolute atomic E-state index is 0.0318. The van der Waals surface area contributed by atoms with Gasteiger partial charge in [0.15, 0.2) is 12.2 Å². The Morgan fingerprint density at radius 1 is 0.608 bits per heavy atom. The molecule has 7 rings (SSSR count). The van der Waals surface area contributed by atoms with Gasteiger partial charge >= 0.3 is 0 Å². The number of phenolic OH excluding ortho intramolecular Hbond substituents is 6. The number of hydrogen-bond donors (Lipinski definition) is 11. The molecule has 0 aliphatic carbocycles. The zero-order valence-corrected chi connectivity index (χ0v) is 26.4. The molecule has 9 atom stereocenters. The first kappa shape index (κ1) is 34.0. The molecule has 0 aromatic heterocycles. The van der Waals surface area contributed by atoms with Crippen molar-refractivity contribution in [3.8, 4) is 46.0 Å². The largest absolute Gasteiger partial charge is 0.508 e. The number of benzene rings is 4. The summed E-state index contributed by atoms with van der Waals surface area (Å²) in [6, 6.07) is 14.7. The van der Waals surface area contributed by atoms with Crippen molar-refractivity contribution in [1.29, 1.82) is 0 Å². The van der Waals surface area contributed by atoms with Gasteiger partial charge in [-0.1, -0.05) is 24.3 Å². The third-order valence-corrected chi connectivity index (χ3v) is 9.25. The molecule has 0 radical (unpaired) electrons. The number of rotatable bonds is 6. The Morgan fingerprint density at radius 2 is 1.24 bits per heavy atom. The molecule has 0 amide bonds. The zero-order valence-electron chi connectivity index (χ0n) is 26.4. The Balaban J connectivity index is 1.40. The van der Waals surface area contributed by atoms with Crippen molar-refractivity contribution in [1.82, 2.24) is 0 Å². The van der Waals surface area contributed by atoms with Gasteiger partial charge in [0.1, 0.15) is 82.3 Å². The number of ether oxygens (including phenoxy) is 4. The van der Waals surface area contributed by atoms with Crippen LogP contribution in [-0.2, 0) is 9.47 Å². The second-order valence-electron chi connectivity index (χ2n) is 12.5. The number of hydrogen-bond acceptors (Lipinski definition) is 15. The van der Waals surface area contributed by atoms with Crippen molar-refractivity contribution in [3.63, 3.8) is 0 Å². The van der Waals surface area contributed by atoms with E-state index in [1.807, 2.05) is 0 Å². The summed E-state index contributed by atoms with van der Waals surface area (Å²) >= 11 is 0. The Bertz CT molecular complexity index is 1960. The van der Waals surface area contributed by atoms with E-state index in [9.17, 15) is 56.2 Å². The molecule has 51 heavy (non-hydrogen) atoms. The van der Waals surface area contributed by atoms with Gasteiger partial charge in [0.05, 0.1) is 18.1 Å². The van der Waals surface area contributed by atoms with E-state index in [2.05, 4.69) is 0 Å². The molecule has 3 aliphatic rings. The molecular weight excluding hydrogens is 672 g/mol. The molecule has 4 aromatic rings. The lowest BCUT2D eigenvalue weighted by molar-refractivity contribution is -0.293. The summed E-state index contributed by atoms with van der Waals surface area (Å²) in [6.07, 6.45) is -10.9. The fourth-order valence-corrected chi connectivity index (χ4v) is 6.70. The van der Waals surface area contributed by atoms with Crippen molar-refractivity contribution >= 4 is 6.08 Å². The van der Waals surface area contributed by atoms with Gasteiger partial charge < -0.3 is 75.1 Å².